The number of amides is 1. The summed E-state index contributed by atoms with van der Waals surface area (Å²) >= 11 is 0. The molecule has 0 unspecified atom stereocenters. The molecular weight excluding hydrogens is 478 g/mol. The number of carbonyl (C=O) groups excluding carboxylic acids is 1. The third kappa shape index (κ3) is 3.21. The van der Waals surface area contributed by atoms with Gasteiger partial charge in [-0.25, -0.2) is 14.5 Å². The summed E-state index contributed by atoms with van der Waals surface area (Å²) in [6, 6.07) is 7.10. The summed E-state index contributed by atoms with van der Waals surface area (Å²) in [5.41, 5.74) is 9.46. The van der Waals surface area contributed by atoms with Crippen molar-refractivity contribution in [3.63, 3.8) is 0 Å². The first-order chi connectivity index (χ1) is 19.0. The first kappa shape index (κ1) is 19.2. The highest BCUT2D eigenvalue weighted by atomic mass is 19.3. The molecule has 0 saturated heterocycles. The highest BCUT2D eigenvalue weighted by Crippen LogP contribution is 2.53. The second-order valence-electron chi connectivity index (χ2n) is 9.92. The lowest BCUT2D eigenvalue weighted by atomic mass is 9.77. The van der Waals surface area contributed by atoms with Gasteiger partial charge < -0.3 is 15.4 Å². The Morgan fingerprint density at radius 1 is 1.19 bits per heavy atom. The number of pyridine rings is 1. The molecule has 4 heterocycles. The number of nitrogens with zero attached hydrogens (tertiary/aromatic N) is 5. The lowest BCUT2D eigenvalue weighted by molar-refractivity contribution is -0.0505. The van der Waals surface area contributed by atoms with Crippen molar-refractivity contribution in [1.29, 1.82) is 0 Å². The fourth-order valence-electron chi connectivity index (χ4n) is 5.88. The number of nitrogens with two attached hydrogens (primary N) is 1. The van der Waals surface area contributed by atoms with Gasteiger partial charge in [-0.05, 0) is 55.5 Å². The van der Waals surface area contributed by atoms with Crippen LogP contribution in [0.1, 0.15) is 74.8 Å². The maximum absolute atomic E-state index is 13.6. The van der Waals surface area contributed by atoms with Crippen LogP contribution >= 0.6 is 0 Å². The van der Waals surface area contributed by atoms with E-state index in [1.807, 2.05) is 12.1 Å². The normalized spacial score (nSPS) is 23.1. The van der Waals surface area contributed by atoms with Gasteiger partial charge in [0.2, 0.25) is 0 Å². The second-order valence-corrected chi connectivity index (χ2v) is 9.92. The number of fused-ring (bicyclic) bond motifs is 9. The van der Waals surface area contributed by atoms with Crippen molar-refractivity contribution in [2.75, 3.05) is 6.98 Å². The fourth-order valence-corrected chi connectivity index (χ4v) is 5.88. The van der Waals surface area contributed by atoms with Gasteiger partial charge in [-0.1, -0.05) is 6.07 Å². The van der Waals surface area contributed by atoms with Crippen molar-refractivity contribution in [3.8, 4) is 16.9 Å². The van der Waals surface area contributed by atoms with Crippen LogP contribution in [0.15, 0.2) is 48.9 Å². The first-order valence-corrected chi connectivity index (χ1v) is 12.1. The van der Waals surface area contributed by atoms with Crippen LogP contribution in [0, 0.1) is 0 Å². The molecule has 1 fully saturated rings. The molecule has 8 nitrogen and oxygen atoms in total. The van der Waals surface area contributed by atoms with Crippen molar-refractivity contribution >= 4 is 11.4 Å². The Balaban J connectivity index is 1.40. The van der Waals surface area contributed by atoms with Gasteiger partial charge in [0.1, 0.15) is 11.6 Å². The SMILES string of the molecule is [2H]C([2H])([2H])N1C(=O)c2cccc(OC(F)F)c2[C@H]2C[C@@H]1c1nn3ccc(-c4cnc(C5(N)CCC5)nc4)cc3c12. The van der Waals surface area contributed by atoms with Crippen molar-refractivity contribution in [2.45, 2.75) is 49.8 Å². The topological polar surface area (TPSA) is 98.6 Å². The predicted molar refractivity (Wildman–Crippen MR) is 130 cm³/mol. The number of hydrogen-bond donors (Lipinski definition) is 1. The van der Waals surface area contributed by atoms with Gasteiger partial charge in [-0.2, -0.15) is 13.9 Å². The zero-order valence-electron chi connectivity index (χ0n) is 22.6. The van der Waals surface area contributed by atoms with Gasteiger partial charge in [-0.3, -0.25) is 4.79 Å². The molecule has 1 aromatic carbocycles. The van der Waals surface area contributed by atoms with Crippen LogP contribution in [0.5, 0.6) is 5.75 Å². The highest BCUT2D eigenvalue weighted by Gasteiger charge is 2.46. The van der Waals surface area contributed by atoms with E-state index >= 15 is 0 Å². The van der Waals surface area contributed by atoms with Crippen LogP contribution in [0.25, 0.3) is 16.6 Å². The van der Waals surface area contributed by atoms with E-state index in [-0.39, 0.29) is 23.3 Å². The molecule has 2 N–H and O–H groups in total. The predicted octanol–water partition coefficient (Wildman–Crippen LogP) is 4.39. The summed E-state index contributed by atoms with van der Waals surface area (Å²) in [6.07, 6.45) is 8.10. The van der Waals surface area contributed by atoms with Gasteiger partial charge >= 0.3 is 6.61 Å². The number of alkyl halides is 2. The fraction of sp³-hybridized carbons (Fsp3) is 0.333. The minimum Gasteiger partial charge on any atom is -0.434 e. The summed E-state index contributed by atoms with van der Waals surface area (Å²) in [4.78, 5) is 23.4. The maximum Gasteiger partial charge on any atom is 0.387 e. The maximum atomic E-state index is 13.6. The Bertz CT molecular complexity index is 1670. The van der Waals surface area contributed by atoms with E-state index in [4.69, 9.17) is 14.6 Å². The van der Waals surface area contributed by atoms with Gasteiger partial charge in [0.05, 0.1) is 22.8 Å². The van der Waals surface area contributed by atoms with Gasteiger partial charge in [-0.15, -0.1) is 0 Å². The lowest BCUT2D eigenvalue weighted by Gasteiger charge is -2.36. The molecule has 3 aromatic heterocycles. The minimum atomic E-state index is -3.12. The molecule has 1 amide bonds. The molecule has 4 aromatic rings. The largest absolute Gasteiger partial charge is 0.434 e. The number of ether oxygens (including phenoxy) is 1. The standard InChI is InChI=1S/C27H24F2N6O2/c1-34-19-11-17(21-16(24(34)36)4-2-5-20(21)37-26(28)29)22-18-10-14(6-9-35(18)33-23(19)22)15-12-31-25(32-13-15)27(30)7-3-8-27/h2,4-6,9-10,12-13,17,19,26H,3,7-8,11,30H2,1H3/t17-,19-/m1/s1/i1D3. The zero-order chi connectivity index (χ0) is 28.0. The van der Waals surface area contributed by atoms with Gasteiger partial charge in [0, 0.05) is 57.9 Å². The first-order valence-electron chi connectivity index (χ1n) is 13.6. The summed E-state index contributed by atoms with van der Waals surface area (Å²) in [5, 5.41) is 4.68. The Labute approximate surface area is 215 Å². The number of benzene rings is 1. The average molecular weight is 506 g/mol. The molecule has 0 radical (unpaired) electrons. The average Bonchev–Trinajstić information content (AvgIpc) is 3.39. The summed E-state index contributed by atoms with van der Waals surface area (Å²) in [6.45, 7) is -5.90. The molecule has 0 spiro atoms. The summed E-state index contributed by atoms with van der Waals surface area (Å²) in [7, 11) is 0. The minimum absolute atomic E-state index is 0.0265. The number of carbonyl (C=O) groups is 1. The monoisotopic (exact) mass is 505 g/mol. The zero-order valence-corrected chi connectivity index (χ0v) is 19.6. The molecule has 2 bridgehead atoms. The molecule has 1 aliphatic heterocycles. The van der Waals surface area contributed by atoms with Crippen molar-refractivity contribution < 1.29 is 22.4 Å². The Morgan fingerprint density at radius 2 is 2.00 bits per heavy atom. The van der Waals surface area contributed by atoms with E-state index in [9.17, 15) is 13.6 Å². The van der Waals surface area contributed by atoms with E-state index in [2.05, 4.69) is 15.1 Å². The quantitative estimate of drug-likeness (QED) is 0.442. The number of hydrogen-bond acceptors (Lipinski definition) is 6. The van der Waals surface area contributed by atoms with Gasteiger partial charge in [0.15, 0.2) is 0 Å². The summed E-state index contributed by atoms with van der Waals surface area (Å²) < 4.78 is 57.7. The van der Waals surface area contributed by atoms with Crippen molar-refractivity contribution in [3.05, 3.63) is 77.1 Å². The number of aromatic nitrogens is 4. The molecule has 3 aliphatic rings. The van der Waals surface area contributed by atoms with Crippen LogP contribution in [0.4, 0.5) is 8.78 Å². The Kier molecular flexibility index (Phi) is 4.05. The smallest absolute Gasteiger partial charge is 0.387 e. The van der Waals surface area contributed by atoms with Crippen LogP contribution in [0.3, 0.4) is 0 Å². The third-order valence-electron chi connectivity index (χ3n) is 7.89. The molecule has 7 rings (SSSR count). The lowest BCUT2D eigenvalue weighted by Crippen LogP contribution is -2.44. The second kappa shape index (κ2) is 7.79. The van der Waals surface area contributed by atoms with E-state index in [1.54, 1.807) is 23.1 Å². The third-order valence-corrected chi connectivity index (χ3v) is 7.89. The molecule has 188 valence electrons. The summed E-state index contributed by atoms with van der Waals surface area (Å²) in [5.74, 6) is -0.914. The van der Waals surface area contributed by atoms with Crippen LogP contribution < -0.4 is 10.5 Å². The Morgan fingerprint density at radius 3 is 2.70 bits per heavy atom. The highest BCUT2D eigenvalue weighted by molar-refractivity contribution is 5.98. The van der Waals surface area contributed by atoms with E-state index in [1.165, 1.54) is 18.2 Å². The number of rotatable bonds is 4. The molecule has 2 aliphatic carbocycles. The Hall–Kier alpha value is -3.92. The van der Waals surface area contributed by atoms with E-state index < -0.39 is 37.0 Å². The van der Waals surface area contributed by atoms with Crippen LogP contribution in [-0.4, -0.2) is 44.0 Å². The molecule has 10 heteroatoms. The van der Waals surface area contributed by atoms with Gasteiger partial charge in [0.25, 0.3) is 5.91 Å². The molecular formula is C27H24F2N6O2. The molecule has 37 heavy (non-hydrogen) atoms. The van der Waals surface area contributed by atoms with Crippen LogP contribution in [0.2, 0.25) is 0 Å². The molecule has 1 saturated carbocycles. The molecule has 2 atom stereocenters. The van der Waals surface area contributed by atoms with E-state index in [0.29, 0.717) is 22.6 Å². The van der Waals surface area contributed by atoms with Crippen LogP contribution in [-0.2, 0) is 5.54 Å². The van der Waals surface area contributed by atoms with Crippen molar-refractivity contribution in [2.24, 2.45) is 5.73 Å². The van der Waals surface area contributed by atoms with Crippen molar-refractivity contribution in [1.82, 2.24) is 24.5 Å². The van der Waals surface area contributed by atoms with E-state index in [0.717, 1.165) is 35.3 Å². The number of halogens is 2.